The fourth-order valence-electron chi connectivity index (χ4n) is 3.40. The summed E-state index contributed by atoms with van der Waals surface area (Å²) < 4.78 is 4.79. The van der Waals surface area contributed by atoms with Crippen LogP contribution >= 0.6 is 0 Å². The molecule has 0 aliphatic carbocycles. The van der Waals surface area contributed by atoms with E-state index >= 15 is 0 Å². The Hall–Kier alpha value is -3.10. The van der Waals surface area contributed by atoms with Gasteiger partial charge in [-0.2, -0.15) is 0 Å². The van der Waals surface area contributed by atoms with Gasteiger partial charge in [0.25, 0.3) is 5.91 Å². The van der Waals surface area contributed by atoms with Crippen molar-refractivity contribution < 1.29 is 24.5 Å². The van der Waals surface area contributed by atoms with Crippen LogP contribution in [0.3, 0.4) is 0 Å². The van der Waals surface area contributed by atoms with Crippen molar-refractivity contribution in [1.82, 2.24) is 4.90 Å². The number of esters is 1. The minimum atomic E-state index is -0.917. The number of piperazine rings is 1. The second kappa shape index (κ2) is 10.1. The first kappa shape index (κ1) is 21.6. The Labute approximate surface area is 175 Å². The first-order valence-electron chi connectivity index (χ1n) is 9.88. The minimum Gasteiger partial charge on any atom is -0.465 e. The van der Waals surface area contributed by atoms with Crippen LogP contribution in [0, 0.1) is 0 Å². The molecule has 0 spiro atoms. The average molecular weight is 413 g/mol. The fourth-order valence-corrected chi connectivity index (χ4v) is 3.40. The number of aliphatic hydroxyl groups excluding tert-OH is 2. The largest absolute Gasteiger partial charge is 0.465 e. The topological polar surface area (TPSA) is 102 Å². The summed E-state index contributed by atoms with van der Waals surface area (Å²) in [7, 11) is 1.32. The number of anilines is 2. The Kier molecular flexibility index (Phi) is 7.26. The van der Waals surface area contributed by atoms with Crippen molar-refractivity contribution in [1.29, 1.82) is 0 Å². The number of aliphatic hydroxyl groups is 2. The summed E-state index contributed by atoms with van der Waals surface area (Å²) in [4.78, 5) is 28.5. The third kappa shape index (κ3) is 5.08. The van der Waals surface area contributed by atoms with E-state index < -0.39 is 12.1 Å². The van der Waals surface area contributed by atoms with Crippen LogP contribution in [0.15, 0.2) is 48.5 Å². The molecular formula is C22H27N3O5. The molecule has 0 bridgehead atoms. The van der Waals surface area contributed by atoms with Gasteiger partial charge >= 0.3 is 5.97 Å². The number of benzene rings is 2. The molecule has 0 saturated carbocycles. The summed E-state index contributed by atoms with van der Waals surface area (Å²) in [5, 5.41) is 21.9. The van der Waals surface area contributed by atoms with Crippen LogP contribution < -0.4 is 10.2 Å². The highest BCUT2D eigenvalue weighted by Crippen LogP contribution is 2.29. The molecule has 3 rings (SSSR count). The SMILES string of the molecule is COC(=O)c1ccc(N2CCN(C(=O)c3ccccc3)CC2)c(NCC(O)CO)c1. The van der Waals surface area contributed by atoms with Gasteiger partial charge in [-0.05, 0) is 30.3 Å². The fraction of sp³-hybridized carbons (Fsp3) is 0.364. The van der Waals surface area contributed by atoms with Gasteiger partial charge in [0.2, 0.25) is 0 Å². The molecule has 2 aromatic carbocycles. The summed E-state index contributed by atoms with van der Waals surface area (Å²) in [5.41, 5.74) is 2.58. The zero-order chi connectivity index (χ0) is 21.5. The second-order valence-electron chi connectivity index (χ2n) is 7.09. The Morgan fingerprint density at radius 2 is 1.77 bits per heavy atom. The molecule has 3 N–H and O–H groups in total. The maximum Gasteiger partial charge on any atom is 0.337 e. The van der Waals surface area contributed by atoms with Crippen LogP contribution in [0.5, 0.6) is 0 Å². The van der Waals surface area contributed by atoms with E-state index in [1.165, 1.54) is 7.11 Å². The van der Waals surface area contributed by atoms with Gasteiger partial charge in [-0.25, -0.2) is 4.79 Å². The number of methoxy groups -OCH3 is 1. The molecule has 1 unspecified atom stereocenters. The van der Waals surface area contributed by atoms with E-state index in [0.717, 1.165) is 5.69 Å². The van der Waals surface area contributed by atoms with E-state index in [1.54, 1.807) is 12.1 Å². The van der Waals surface area contributed by atoms with Gasteiger partial charge < -0.3 is 30.1 Å². The lowest BCUT2D eigenvalue weighted by atomic mass is 10.1. The van der Waals surface area contributed by atoms with Gasteiger partial charge in [0, 0.05) is 38.3 Å². The van der Waals surface area contributed by atoms with Crippen LogP contribution in [-0.4, -0.2) is 79.5 Å². The van der Waals surface area contributed by atoms with Crippen molar-refractivity contribution in [3.63, 3.8) is 0 Å². The van der Waals surface area contributed by atoms with Crippen molar-refractivity contribution in [2.45, 2.75) is 6.10 Å². The minimum absolute atomic E-state index is 0.0145. The van der Waals surface area contributed by atoms with Crippen LogP contribution in [0.4, 0.5) is 11.4 Å². The van der Waals surface area contributed by atoms with Gasteiger partial charge in [-0.3, -0.25) is 4.79 Å². The third-order valence-corrected chi connectivity index (χ3v) is 5.08. The molecule has 1 saturated heterocycles. The highest BCUT2D eigenvalue weighted by molar-refractivity contribution is 5.94. The molecule has 0 radical (unpaired) electrons. The number of hydrogen-bond acceptors (Lipinski definition) is 7. The second-order valence-corrected chi connectivity index (χ2v) is 7.09. The number of ether oxygens (including phenoxy) is 1. The van der Waals surface area contributed by atoms with Gasteiger partial charge in [0.1, 0.15) is 0 Å². The van der Waals surface area contributed by atoms with Crippen molar-refractivity contribution >= 4 is 23.3 Å². The van der Waals surface area contributed by atoms with E-state index in [-0.39, 0.29) is 19.1 Å². The molecule has 1 atom stereocenters. The molecule has 8 heteroatoms. The van der Waals surface area contributed by atoms with Gasteiger partial charge in [0.05, 0.1) is 36.8 Å². The molecule has 2 aromatic rings. The van der Waals surface area contributed by atoms with Crippen molar-refractivity contribution in [2.75, 3.05) is 56.7 Å². The molecule has 0 aromatic heterocycles. The maximum atomic E-state index is 12.7. The smallest absolute Gasteiger partial charge is 0.337 e. The summed E-state index contributed by atoms with van der Waals surface area (Å²) in [6.45, 7) is 2.19. The third-order valence-electron chi connectivity index (χ3n) is 5.08. The van der Waals surface area contributed by atoms with E-state index in [0.29, 0.717) is 43.0 Å². The quantitative estimate of drug-likeness (QED) is 0.586. The molecule has 1 heterocycles. The molecular weight excluding hydrogens is 386 g/mol. The van der Waals surface area contributed by atoms with Crippen LogP contribution in [-0.2, 0) is 4.74 Å². The lowest BCUT2D eigenvalue weighted by Crippen LogP contribution is -2.49. The van der Waals surface area contributed by atoms with Crippen molar-refractivity contribution in [3.05, 3.63) is 59.7 Å². The highest BCUT2D eigenvalue weighted by Gasteiger charge is 2.24. The number of nitrogens with one attached hydrogen (secondary N) is 1. The number of hydrogen-bond donors (Lipinski definition) is 3. The normalized spacial score (nSPS) is 14.9. The van der Waals surface area contributed by atoms with E-state index in [4.69, 9.17) is 9.84 Å². The predicted molar refractivity (Wildman–Crippen MR) is 114 cm³/mol. The molecule has 30 heavy (non-hydrogen) atoms. The maximum absolute atomic E-state index is 12.7. The zero-order valence-electron chi connectivity index (χ0n) is 17.0. The standard InChI is InChI=1S/C22H27N3O5/c1-30-22(29)17-7-8-20(19(13-17)23-14-18(27)15-26)24-9-11-25(12-10-24)21(28)16-5-3-2-4-6-16/h2-8,13,18,23,26-27H,9-12,14-15H2,1H3. The average Bonchev–Trinajstić information content (AvgIpc) is 2.82. The van der Waals surface area contributed by atoms with Gasteiger partial charge in [-0.15, -0.1) is 0 Å². The van der Waals surface area contributed by atoms with Gasteiger partial charge in [0.15, 0.2) is 0 Å². The zero-order valence-corrected chi connectivity index (χ0v) is 17.0. The lowest BCUT2D eigenvalue weighted by molar-refractivity contribution is 0.0600. The number of carbonyl (C=O) groups is 2. The molecule has 160 valence electrons. The van der Waals surface area contributed by atoms with Crippen molar-refractivity contribution in [3.8, 4) is 0 Å². The van der Waals surface area contributed by atoms with E-state index in [2.05, 4.69) is 10.2 Å². The Balaban J connectivity index is 1.73. The first-order chi connectivity index (χ1) is 14.5. The van der Waals surface area contributed by atoms with Gasteiger partial charge in [-0.1, -0.05) is 18.2 Å². The molecule has 1 amide bonds. The molecule has 1 aliphatic heterocycles. The molecule has 1 fully saturated rings. The van der Waals surface area contributed by atoms with Crippen molar-refractivity contribution in [2.24, 2.45) is 0 Å². The lowest BCUT2D eigenvalue weighted by Gasteiger charge is -2.37. The summed E-state index contributed by atoms with van der Waals surface area (Å²) in [5.74, 6) is -0.439. The molecule has 8 nitrogen and oxygen atoms in total. The summed E-state index contributed by atoms with van der Waals surface area (Å²) >= 11 is 0. The highest BCUT2D eigenvalue weighted by atomic mass is 16.5. The Morgan fingerprint density at radius 3 is 2.40 bits per heavy atom. The van der Waals surface area contributed by atoms with Crippen LogP contribution in [0.1, 0.15) is 20.7 Å². The summed E-state index contributed by atoms with van der Waals surface area (Å²) in [6.07, 6.45) is -0.917. The monoisotopic (exact) mass is 413 g/mol. The van der Waals surface area contributed by atoms with E-state index in [1.807, 2.05) is 41.3 Å². The van der Waals surface area contributed by atoms with E-state index in [9.17, 15) is 14.7 Å². The molecule has 1 aliphatic rings. The first-order valence-corrected chi connectivity index (χ1v) is 9.88. The van der Waals surface area contributed by atoms with Crippen LogP contribution in [0.25, 0.3) is 0 Å². The Morgan fingerprint density at radius 1 is 1.07 bits per heavy atom. The van der Waals surface area contributed by atoms with Crippen LogP contribution in [0.2, 0.25) is 0 Å². The number of nitrogens with zero attached hydrogens (tertiary/aromatic N) is 2. The summed E-state index contributed by atoms with van der Waals surface area (Å²) in [6, 6.07) is 14.4. The number of rotatable bonds is 7. The predicted octanol–water partition coefficient (Wildman–Crippen LogP) is 1.20. The number of carbonyl (C=O) groups excluding carboxylic acids is 2. The Bertz CT molecular complexity index is 866. The number of amides is 1.